The van der Waals surface area contributed by atoms with Crippen molar-refractivity contribution in [2.24, 2.45) is 0 Å². The van der Waals surface area contributed by atoms with Crippen LogP contribution >= 0.6 is 15.9 Å². The van der Waals surface area contributed by atoms with E-state index < -0.39 is 6.29 Å². The smallest absolute Gasteiger partial charge is 0.264 e. The third-order valence-corrected chi connectivity index (χ3v) is 2.06. The van der Waals surface area contributed by atoms with Crippen LogP contribution in [-0.2, 0) is 0 Å². The molecule has 0 bridgehead atoms. The first-order valence-corrected chi connectivity index (χ1v) is 4.32. The predicted molar refractivity (Wildman–Crippen MR) is 46.3 cm³/mol. The Hall–Kier alpha value is -0.740. The van der Waals surface area contributed by atoms with Crippen molar-refractivity contribution < 1.29 is 14.6 Å². The number of benzene rings is 1. The third-order valence-electron chi connectivity index (χ3n) is 1.57. The van der Waals surface area contributed by atoms with Gasteiger partial charge < -0.3 is 14.6 Å². The summed E-state index contributed by atoms with van der Waals surface area (Å²) in [6, 6.07) is 5.47. The minimum absolute atomic E-state index is 0.133. The van der Waals surface area contributed by atoms with Crippen LogP contribution in [0, 0.1) is 0 Å². The standard InChI is InChI=1S/C8H7BrO3/c9-5-1-2-6-7(3-5)12-8(4-10)11-6/h1-3,8,10H,4H2. The summed E-state index contributed by atoms with van der Waals surface area (Å²) in [4.78, 5) is 0. The SMILES string of the molecule is OCC1Oc2ccc(Br)cc2O1. The molecule has 1 aliphatic heterocycles. The van der Waals surface area contributed by atoms with Crippen molar-refractivity contribution in [3.8, 4) is 11.5 Å². The summed E-state index contributed by atoms with van der Waals surface area (Å²) in [5.74, 6) is 1.35. The van der Waals surface area contributed by atoms with Gasteiger partial charge in [0.05, 0.1) is 0 Å². The number of fused-ring (bicyclic) bond motifs is 1. The second kappa shape index (κ2) is 2.95. The van der Waals surface area contributed by atoms with E-state index in [0.717, 1.165) is 4.47 Å². The van der Waals surface area contributed by atoms with Gasteiger partial charge in [-0.25, -0.2) is 0 Å². The fourth-order valence-corrected chi connectivity index (χ4v) is 1.39. The topological polar surface area (TPSA) is 38.7 Å². The molecule has 0 saturated carbocycles. The Bertz CT molecular complexity index is 300. The van der Waals surface area contributed by atoms with Gasteiger partial charge in [-0.1, -0.05) is 15.9 Å². The summed E-state index contributed by atoms with van der Waals surface area (Å²) in [6.07, 6.45) is -0.547. The third kappa shape index (κ3) is 1.28. The Balaban J connectivity index is 2.30. The van der Waals surface area contributed by atoms with E-state index in [-0.39, 0.29) is 6.61 Å². The Morgan fingerprint density at radius 3 is 2.83 bits per heavy atom. The average molecular weight is 231 g/mol. The van der Waals surface area contributed by atoms with Crippen LogP contribution in [0.2, 0.25) is 0 Å². The van der Waals surface area contributed by atoms with Crippen LogP contribution < -0.4 is 9.47 Å². The van der Waals surface area contributed by atoms with Crippen molar-refractivity contribution in [1.82, 2.24) is 0 Å². The van der Waals surface area contributed by atoms with Crippen molar-refractivity contribution in [2.75, 3.05) is 6.61 Å². The summed E-state index contributed by atoms with van der Waals surface area (Å²) in [5.41, 5.74) is 0. The van der Waals surface area contributed by atoms with Crippen LogP contribution in [0.15, 0.2) is 22.7 Å². The molecule has 0 fully saturated rings. The zero-order valence-corrected chi connectivity index (χ0v) is 7.74. The molecule has 1 aliphatic rings. The van der Waals surface area contributed by atoms with Crippen LogP contribution in [0.3, 0.4) is 0 Å². The highest BCUT2D eigenvalue weighted by molar-refractivity contribution is 9.10. The van der Waals surface area contributed by atoms with E-state index in [9.17, 15) is 0 Å². The van der Waals surface area contributed by atoms with Crippen LogP contribution in [0.4, 0.5) is 0 Å². The normalized spacial score (nSPS) is 19.7. The van der Waals surface area contributed by atoms with Crippen molar-refractivity contribution in [3.05, 3.63) is 22.7 Å². The number of rotatable bonds is 1. The number of hydrogen-bond donors (Lipinski definition) is 1. The summed E-state index contributed by atoms with van der Waals surface area (Å²) in [7, 11) is 0. The molecule has 1 aromatic carbocycles. The molecule has 3 nitrogen and oxygen atoms in total. The lowest BCUT2D eigenvalue weighted by molar-refractivity contribution is -0.000795. The lowest BCUT2D eigenvalue weighted by Crippen LogP contribution is -2.22. The molecule has 1 N–H and O–H groups in total. The summed E-state index contributed by atoms with van der Waals surface area (Å²) < 4.78 is 11.4. The Kier molecular flexibility index (Phi) is 1.94. The first-order valence-electron chi connectivity index (χ1n) is 3.53. The fraction of sp³-hybridized carbons (Fsp3) is 0.250. The van der Waals surface area contributed by atoms with Crippen molar-refractivity contribution in [2.45, 2.75) is 6.29 Å². The van der Waals surface area contributed by atoms with Gasteiger partial charge in [0.15, 0.2) is 11.5 Å². The van der Waals surface area contributed by atoms with Crippen LogP contribution in [0.1, 0.15) is 0 Å². The van der Waals surface area contributed by atoms with E-state index in [1.54, 1.807) is 6.07 Å². The lowest BCUT2D eigenvalue weighted by atomic mass is 10.3. The number of ether oxygens (including phenoxy) is 2. The minimum atomic E-state index is -0.547. The van der Waals surface area contributed by atoms with Gasteiger partial charge in [0, 0.05) is 4.47 Å². The van der Waals surface area contributed by atoms with Crippen molar-refractivity contribution >= 4 is 15.9 Å². The highest BCUT2D eigenvalue weighted by Gasteiger charge is 2.22. The molecule has 0 spiro atoms. The molecular weight excluding hydrogens is 224 g/mol. The molecule has 1 aromatic rings. The predicted octanol–water partition coefficient (Wildman–Crippen LogP) is 1.54. The quantitative estimate of drug-likeness (QED) is 0.796. The zero-order valence-electron chi connectivity index (χ0n) is 6.16. The Morgan fingerprint density at radius 1 is 1.33 bits per heavy atom. The van der Waals surface area contributed by atoms with Gasteiger partial charge in [-0.05, 0) is 18.2 Å². The van der Waals surface area contributed by atoms with E-state index in [2.05, 4.69) is 15.9 Å². The molecule has 12 heavy (non-hydrogen) atoms. The van der Waals surface area contributed by atoms with Crippen LogP contribution in [0.25, 0.3) is 0 Å². The molecule has 0 amide bonds. The van der Waals surface area contributed by atoms with Crippen LogP contribution in [-0.4, -0.2) is 18.0 Å². The molecule has 0 radical (unpaired) electrons. The van der Waals surface area contributed by atoms with Gasteiger partial charge in [-0.15, -0.1) is 0 Å². The molecule has 0 saturated heterocycles. The molecule has 2 rings (SSSR count). The van der Waals surface area contributed by atoms with Gasteiger partial charge in [-0.2, -0.15) is 0 Å². The zero-order chi connectivity index (χ0) is 8.55. The molecule has 1 heterocycles. The second-order valence-corrected chi connectivity index (χ2v) is 3.35. The molecule has 0 aromatic heterocycles. The summed E-state index contributed by atoms with van der Waals surface area (Å²) in [6.45, 7) is -0.133. The molecule has 64 valence electrons. The molecule has 0 aliphatic carbocycles. The maximum atomic E-state index is 8.75. The highest BCUT2D eigenvalue weighted by Crippen LogP contribution is 2.36. The number of halogens is 1. The van der Waals surface area contributed by atoms with E-state index in [1.165, 1.54) is 0 Å². The van der Waals surface area contributed by atoms with Crippen molar-refractivity contribution in [1.29, 1.82) is 0 Å². The maximum Gasteiger partial charge on any atom is 0.264 e. The fourth-order valence-electron chi connectivity index (χ4n) is 1.05. The largest absolute Gasteiger partial charge is 0.448 e. The van der Waals surface area contributed by atoms with Gasteiger partial charge in [0.1, 0.15) is 6.61 Å². The van der Waals surface area contributed by atoms with Crippen molar-refractivity contribution in [3.63, 3.8) is 0 Å². The summed E-state index contributed by atoms with van der Waals surface area (Å²) >= 11 is 3.31. The van der Waals surface area contributed by atoms with E-state index in [0.29, 0.717) is 11.5 Å². The number of aliphatic hydroxyl groups is 1. The first-order chi connectivity index (χ1) is 5.79. The van der Waals surface area contributed by atoms with Gasteiger partial charge in [-0.3, -0.25) is 0 Å². The first kappa shape index (κ1) is 7.89. The lowest BCUT2D eigenvalue weighted by Gasteiger charge is -2.04. The maximum absolute atomic E-state index is 8.75. The second-order valence-electron chi connectivity index (χ2n) is 2.44. The Morgan fingerprint density at radius 2 is 2.08 bits per heavy atom. The van der Waals surface area contributed by atoms with Gasteiger partial charge >= 0.3 is 0 Å². The monoisotopic (exact) mass is 230 g/mol. The molecule has 1 unspecified atom stereocenters. The molecule has 4 heteroatoms. The number of hydrogen-bond acceptors (Lipinski definition) is 3. The average Bonchev–Trinajstić information content (AvgIpc) is 2.46. The van der Waals surface area contributed by atoms with E-state index in [4.69, 9.17) is 14.6 Å². The van der Waals surface area contributed by atoms with E-state index in [1.807, 2.05) is 12.1 Å². The Labute approximate surface area is 78.0 Å². The van der Waals surface area contributed by atoms with E-state index >= 15 is 0 Å². The highest BCUT2D eigenvalue weighted by atomic mass is 79.9. The molecular formula is C8H7BrO3. The van der Waals surface area contributed by atoms with Crippen LogP contribution in [0.5, 0.6) is 11.5 Å². The number of aliphatic hydroxyl groups excluding tert-OH is 1. The van der Waals surface area contributed by atoms with Gasteiger partial charge in [0.25, 0.3) is 6.29 Å². The minimum Gasteiger partial charge on any atom is -0.448 e. The summed E-state index contributed by atoms with van der Waals surface area (Å²) in [5, 5.41) is 8.75. The van der Waals surface area contributed by atoms with Gasteiger partial charge in [0.2, 0.25) is 0 Å². The molecule has 1 atom stereocenters.